The van der Waals surface area contributed by atoms with E-state index >= 15 is 8.78 Å². The molecule has 1 aromatic heterocycles. The average molecular weight is 644 g/mol. The van der Waals surface area contributed by atoms with Crippen LogP contribution in [0.5, 0.6) is 0 Å². The van der Waals surface area contributed by atoms with Crippen LogP contribution >= 0.6 is 11.3 Å². The summed E-state index contributed by atoms with van der Waals surface area (Å²) in [5.74, 6) is -4.61. The number of amides is 2. The number of anilines is 2. The Kier molecular flexibility index (Phi) is 9.83. The van der Waals surface area contributed by atoms with Crippen molar-refractivity contribution in [3.63, 3.8) is 0 Å². The van der Waals surface area contributed by atoms with Gasteiger partial charge in [-0.1, -0.05) is 12.1 Å². The minimum absolute atomic E-state index is 0.0375. The molecule has 1 heterocycles. The van der Waals surface area contributed by atoms with E-state index in [1.54, 1.807) is 0 Å². The molecule has 2 amide bonds. The topological polar surface area (TPSA) is 126 Å². The van der Waals surface area contributed by atoms with Crippen molar-refractivity contribution in [1.82, 2.24) is 4.98 Å². The SMILES string of the molecule is CC(O)c1cccc(F)c1CN(C(=O)OC(C)(C)C)c1cc(F)c(S(=O)(=O)N(C(=O)OC(C)(C)C)c2cscn2)c(F)c1. The van der Waals surface area contributed by atoms with E-state index in [1.165, 1.54) is 71.5 Å². The summed E-state index contributed by atoms with van der Waals surface area (Å²) in [5.41, 5.74) is -1.64. The monoisotopic (exact) mass is 643 g/mol. The van der Waals surface area contributed by atoms with E-state index in [-0.39, 0.29) is 15.4 Å². The molecular weight excluding hydrogens is 611 g/mol. The zero-order chi connectivity index (χ0) is 32.5. The van der Waals surface area contributed by atoms with Crippen molar-refractivity contribution in [2.75, 3.05) is 9.21 Å². The van der Waals surface area contributed by atoms with E-state index < -0.39 is 79.9 Å². The molecule has 10 nitrogen and oxygen atoms in total. The van der Waals surface area contributed by atoms with Gasteiger partial charge in [-0.25, -0.2) is 36.2 Å². The van der Waals surface area contributed by atoms with Gasteiger partial charge in [0.05, 0.1) is 23.8 Å². The predicted molar refractivity (Wildman–Crippen MR) is 154 cm³/mol. The lowest BCUT2D eigenvalue weighted by atomic mass is 10.0. The van der Waals surface area contributed by atoms with E-state index in [4.69, 9.17) is 9.47 Å². The second-order valence-corrected chi connectivity index (χ2v) is 13.8. The van der Waals surface area contributed by atoms with Crippen LogP contribution < -0.4 is 9.21 Å². The average Bonchev–Trinajstić information content (AvgIpc) is 3.33. The first-order chi connectivity index (χ1) is 19.7. The lowest BCUT2D eigenvalue weighted by Crippen LogP contribution is -2.42. The highest BCUT2D eigenvalue weighted by Gasteiger charge is 2.40. The molecule has 0 aliphatic rings. The number of carbonyl (C=O) groups is 2. The maximum Gasteiger partial charge on any atom is 0.430 e. The summed E-state index contributed by atoms with van der Waals surface area (Å²) in [6, 6.07) is 4.91. The molecule has 0 saturated carbocycles. The number of aliphatic hydroxyl groups is 1. The van der Waals surface area contributed by atoms with Gasteiger partial charge < -0.3 is 14.6 Å². The number of hydrogen-bond donors (Lipinski definition) is 1. The van der Waals surface area contributed by atoms with Crippen LogP contribution in [0.1, 0.15) is 65.7 Å². The standard InChI is InChI=1S/C28H32F3N3O7S2/c1-16(35)18-9-8-10-20(29)19(18)13-33(25(36)40-27(2,3)4)17-11-21(30)24(22(31)12-17)43(38,39)34(23-14-42-15-32-23)26(37)41-28(5,6)7/h8-12,14-16,35H,13H2,1-7H3. The van der Waals surface area contributed by atoms with Gasteiger partial charge in [0.1, 0.15) is 28.7 Å². The first kappa shape index (κ1) is 33.8. The molecule has 0 aliphatic carbocycles. The third kappa shape index (κ3) is 8.03. The van der Waals surface area contributed by atoms with Gasteiger partial charge in [-0.3, -0.25) is 4.90 Å². The van der Waals surface area contributed by atoms with Crippen LogP contribution in [-0.4, -0.2) is 41.9 Å². The summed E-state index contributed by atoms with van der Waals surface area (Å²) in [4.78, 5) is 29.1. The number of thiazole rings is 1. The largest absolute Gasteiger partial charge is 0.443 e. The van der Waals surface area contributed by atoms with Gasteiger partial charge >= 0.3 is 12.2 Å². The molecule has 234 valence electrons. The predicted octanol–water partition coefficient (Wildman–Crippen LogP) is 6.69. The molecule has 3 aromatic rings. The minimum Gasteiger partial charge on any atom is -0.443 e. The Morgan fingerprint density at radius 2 is 1.53 bits per heavy atom. The van der Waals surface area contributed by atoms with Crippen molar-refractivity contribution < 1.29 is 45.8 Å². The molecule has 0 radical (unpaired) electrons. The maximum absolute atomic E-state index is 15.7. The molecule has 0 spiro atoms. The van der Waals surface area contributed by atoms with Crippen LogP contribution in [0.2, 0.25) is 0 Å². The zero-order valence-electron chi connectivity index (χ0n) is 24.5. The summed E-state index contributed by atoms with van der Waals surface area (Å²) in [6.45, 7) is 9.74. The van der Waals surface area contributed by atoms with Crippen molar-refractivity contribution in [2.45, 2.75) is 77.2 Å². The first-order valence-corrected chi connectivity index (χ1v) is 15.2. The molecule has 15 heteroatoms. The third-order valence-electron chi connectivity index (χ3n) is 5.52. The number of aromatic nitrogens is 1. The number of ether oxygens (including phenoxy) is 2. The van der Waals surface area contributed by atoms with Crippen LogP contribution in [-0.2, 0) is 26.0 Å². The van der Waals surface area contributed by atoms with Gasteiger partial charge in [-0.05, 0) is 72.2 Å². The second-order valence-electron chi connectivity index (χ2n) is 11.4. The Bertz CT molecular complexity index is 1580. The van der Waals surface area contributed by atoms with Crippen molar-refractivity contribution in [3.05, 3.63) is 69.8 Å². The number of aliphatic hydroxyl groups excluding tert-OH is 1. The summed E-state index contributed by atoms with van der Waals surface area (Å²) < 4.78 is 84.0. The molecule has 3 rings (SSSR count). The fourth-order valence-electron chi connectivity index (χ4n) is 3.83. The number of halogens is 3. The quantitative estimate of drug-likeness (QED) is 0.302. The molecule has 1 unspecified atom stereocenters. The molecular formula is C28H32F3N3O7S2. The maximum atomic E-state index is 15.7. The minimum atomic E-state index is -5.31. The first-order valence-electron chi connectivity index (χ1n) is 12.8. The van der Waals surface area contributed by atoms with Crippen molar-refractivity contribution in [3.8, 4) is 0 Å². The molecule has 0 bridgehead atoms. The van der Waals surface area contributed by atoms with Crippen LogP contribution in [0.4, 0.5) is 34.3 Å². The van der Waals surface area contributed by atoms with Crippen LogP contribution in [0.15, 0.2) is 46.1 Å². The summed E-state index contributed by atoms with van der Waals surface area (Å²) in [5, 5.41) is 11.3. The normalized spacial score (nSPS) is 12.9. The summed E-state index contributed by atoms with van der Waals surface area (Å²) in [6.07, 6.45) is -3.77. The van der Waals surface area contributed by atoms with E-state index in [2.05, 4.69) is 4.98 Å². The molecule has 43 heavy (non-hydrogen) atoms. The lowest BCUT2D eigenvalue weighted by Gasteiger charge is -2.29. The number of benzene rings is 2. The van der Waals surface area contributed by atoms with Crippen LogP contribution in [0.25, 0.3) is 0 Å². The van der Waals surface area contributed by atoms with Gasteiger partial charge in [0, 0.05) is 10.9 Å². The van der Waals surface area contributed by atoms with E-state index in [1.807, 2.05) is 0 Å². The van der Waals surface area contributed by atoms with Gasteiger partial charge in [0.25, 0.3) is 10.0 Å². The van der Waals surface area contributed by atoms with Crippen LogP contribution in [0.3, 0.4) is 0 Å². The molecule has 0 saturated heterocycles. The van der Waals surface area contributed by atoms with Crippen molar-refractivity contribution in [2.24, 2.45) is 0 Å². The fourth-order valence-corrected chi connectivity index (χ4v) is 5.79. The fraction of sp³-hybridized carbons (Fsp3) is 0.393. The number of rotatable bonds is 7. The van der Waals surface area contributed by atoms with Gasteiger partial charge in [0.15, 0.2) is 10.7 Å². The molecule has 0 fully saturated rings. The smallest absolute Gasteiger partial charge is 0.430 e. The molecule has 1 N–H and O–H groups in total. The lowest BCUT2D eigenvalue weighted by molar-refractivity contribution is 0.0573. The number of hydrogen-bond acceptors (Lipinski definition) is 9. The Labute approximate surface area is 251 Å². The number of sulfonamides is 1. The van der Waals surface area contributed by atoms with E-state index in [9.17, 15) is 27.5 Å². The Morgan fingerprint density at radius 3 is 2.02 bits per heavy atom. The molecule has 1 atom stereocenters. The Balaban J connectivity index is 2.18. The molecule has 2 aromatic carbocycles. The highest BCUT2D eigenvalue weighted by atomic mass is 32.2. The highest BCUT2D eigenvalue weighted by molar-refractivity contribution is 7.93. The number of nitrogens with zero attached hydrogens (tertiary/aromatic N) is 3. The number of carbonyl (C=O) groups excluding carboxylic acids is 2. The van der Waals surface area contributed by atoms with Crippen LogP contribution in [0, 0.1) is 17.5 Å². The molecule has 0 aliphatic heterocycles. The van der Waals surface area contributed by atoms with E-state index in [0.717, 1.165) is 17.4 Å². The Morgan fingerprint density at radius 1 is 0.977 bits per heavy atom. The highest BCUT2D eigenvalue weighted by Crippen LogP contribution is 2.33. The third-order valence-corrected chi connectivity index (χ3v) is 7.81. The van der Waals surface area contributed by atoms with Gasteiger partial charge in [-0.2, -0.15) is 0 Å². The summed E-state index contributed by atoms with van der Waals surface area (Å²) in [7, 11) is -5.31. The van der Waals surface area contributed by atoms with Gasteiger partial charge in [-0.15, -0.1) is 15.6 Å². The Hall–Kier alpha value is -3.69. The van der Waals surface area contributed by atoms with Gasteiger partial charge in [0.2, 0.25) is 0 Å². The summed E-state index contributed by atoms with van der Waals surface area (Å²) >= 11 is 0.923. The van der Waals surface area contributed by atoms with Crippen molar-refractivity contribution >= 4 is 45.1 Å². The second kappa shape index (κ2) is 12.5. The van der Waals surface area contributed by atoms with E-state index in [0.29, 0.717) is 17.0 Å². The van der Waals surface area contributed by atoms with Crippen molar-refractivity contribution in [1.29, 1.82) is 0 Å². The zero-order valence-corrected chi connectivity index (χ0v) is 26.1.